The van der Waals surface area contributed by atoms with Gasteiger partial charge in [0.1, 0.15) is 5.75 Å². The van der Waals surface area contributed by atoms with Gasteiger partial charge in [-0.1, -0.05) is 37.2 Å². The molecule has 2 aromatic carbocycles. The molecule has 31 heavy (non-hydrogen) atoms. The molecule has 1 saturated heterocycles. The summed E-state index contributed by atoms with van der Waals surface area (Å²) in [6.07, 6.45) is 3.38. The summed E-state index contributed by atoms with van der Waals surface area (Å²) >= 11 is 1.47. The van der Waals surface area contributed by atoms with Crippen LogP contribution in [0.25, 0.3) is 0 Å². The highest BCUT2D eigenvalue weighted by Gasteiger charge is 2.37. The first-order valence-electron chi connectivity index (χ1n) is 10.0. The second-order valence-electron chi connectivity index (χ2n) is 6.91. The van der Waals surface area contributed by atoms with Gasteiger partial charge in [-0.15, -0.1) is 5.10 Å². The number of hydrogen-bond acceptors (Lipinski definition) is 7. The van der Waals surface area contributed by atoms with Crippen molar-refractivity contribution in [2.45, 2.75) is 31.6 Å². The van der Waals surface area contributed by atoms with Gasteiger partial charge in [-0.25, -0.2) is 0 Å². The number of benzene rings is 2. The first-order valence-corrected chi connectivity index (χ1v) is 10.9. The molecule has 7 nitrogen and oxygen atoms in total. The van der Waals surface area contributed by atoms with Gasteiger partial charge in [0.25, 0.3) is 0 Å². The number of amidine groups is 1. The minimum absolute atomic E-state index is 0.0720. The Balaban J connectivity index is 1.80. The van der Waals surface area contributed by atoms with Crippen LogP contribution in [0.2, 0.25) is 0 Å². The average Bonchev–Trinajstić information content (AvgIpc) is 3.08. The summed E-state index contributed by atoms with van der Waals surface area (Å²) in [5.41, 5.74) is 1.83. The molecule has 0 N–H and O–H groups in total. The number of nitrogens with zero attached hydrogens (tertiary/aromatic N) is 3. The Bertz CT molecular complexity index is 960. The lowest BCUT2D eigenvalue weighted by molar-refractivity contribution is -0.126. The van der Waals surface area contributed by atoms with Gasteiger partial charge in [0.2, 0.25) is 5.91 Å². The molecule has 0 spiro atoms. The van der Waals surface area contributed by atoms with Gasteiger partial charge in [0.05, 0.1) is 39.3 Å². The van der Waals surface area contributed by atoms with Crippen LogP contribution in [0.3, 0.4) is 0 Å². The van der Waals surface area contributed by atoms with Crippen molar-refractivity contribution in [3.8, 4) is 17.2 Å². The fraction of sp³-hybridized carbons (Fsp3) is 0.348. The number of methoxy groups -OCH3 is 3. The zero-order valence-corrected chi connectivity index (χ0v) is 19.0. The molecule has 1 heterocycles. The topological polar surface area (TPSA) is 72.7 Å². The van der Waals surface area contributed by atoms with Crippen molar-refractivity contribution < 1.29 is 19.0 Å². The van der Waals surface area contributed by atoms with E-state index in [1.54, 1.807) is 32.4 Å². The molecule has 1 unspecified atom stereocenters. The van der Waals surface area contributed by atoms with Crippen LogP contribution in [0.4, 0.5) is 0 Å². The number of rotatable bonds is 9. The molecule has 1 amide bonds. The number of ether oxygens (including phenoxy) is 3. The van der Waals surface area contributed by atoms with Gasteiger partial charge < -0.3 is 14.2 Å². The van der Waals surface area contributed by atoms with Crippen molar-refractivity contribution in [1.29, 1.82) is 0 Å². The fourth-order valence-electron chi connectivity index (χ4n) is 3.17. The number of thioether (sulfide) groups is 1. The molecule has 3 rings (SSSR count). The maximum absolute atomic E-state index is 12.9. The first-order chi connectivity index (χ1) is 15.1. The van der Waals surface area contributed by atoms with Gasteiger partial charge in [-0.3, -0.25) is 9.69 Å². The molecular formula is C23H27N3O4S. The van der Waals surface area contributed by atoms with E-state index in [9.17, 15) is 4.79 Å². The number of carbonyl (C=O) groups is 1. The highest BCUT2D eigenvalue weighted by Crippen LogP contribution is 2.32. The van der Waals surface area contributed by atoms with Crippen molar-refractivity contribution in [2.75, 3.05) is 21.3 Å². The molecule has 0 saturated carbocycles. The van der Waals surface area contributed by atoms with Crippen molar-refractivity contribution in [2.24, 2.45) is 10.2 Å². The van der Waals surface area contributed by atoms with Crippen LogP contribution in [0.1, 0.15) is 30.9 Å². The molecule has 0 aromatic heterocycles. The van der Waals surface area contributed by atoms with Gasteiger partial charge in [-0.2, -0.15) is 5.10 Å². The van der Waals surface area contributed by atoms with Crippen molar-refractivity contribution in [1.82, 2.24) is 4.90 Å². The number of carbonyl (C=O) groups excluding carboxylic acids is 1. The molecule has 1 aliphatic heterocycles. The maximum atomic E-state index is 12.9. The average molecular weight is 442 g/mol. The van der Waals surface area contributed by atoms with E-state index in [1.807, 2.05) is 42.5 Å². The minimum atomic E-state index is -0.127. The molecule has 2 aromatic rings. The van der Waals surface area contributed by atoms with E-state index in [2.05, 4.69) is 17.1 Å². The standard InChI is InChI=1S/C23H27N3O4S/c1-5-6-21-22(27)26(15-16-7-10-18(28-2)11-8-16)23(31-21)25-24-14-17-9-12-19(29-3)20(13-17)30-4/h7-14,21H,5-6,15H2,1-4H3/b24-14+,25-23-. The van der Waals surface area contributed by atoms with Crippen LogP contribution in [0.5, 0.6) is 17.2 Å². The second-order valence-corrected chi connectivity index (χ2v) is 8.08. The van der Waals surface area contributed by atoms with E-state index < -0.39 is 0 Å². The largest absolute Gasteiger partial charge is 0.497 e. The molecule has 0 aliphatic carbocycles. The number of hydrogen-bond donors (Lipinski definition) is 0. The minimum Gasteiger partial charge on any atom is -0.497 e. The summed E-state index contributed by atoms with van der Waals surface area (Å²) in [5.74, 6) is 2.12. The lowest BCUT2D eigenvalue weighted by atomic mass is 10.2. The first kappa shape index (κ1) is 22.7. The van der Waals surface area contributed by atoms with E-state index in [0.717, 1.165) is 29.7 Å². The Morgan fingerprint density at radius 2 is 1.77 bits per heavy atom. The molecular weight excluding hydrogens is 414 g/mol. The third-order valence-electron chi connectivity index (χ3n) is 4.83. The van der Waals surface area contributed by atoms with Crippen LogP contribution < -0.4 is 14.2 Å². The second kappa shape index (κ2) is 10.9. The Labute approximate surface area is 187 Å². The number of amides is 1. The van der Waals surface area contributed by atoms with Gasteiger partial charge in [0.15, 0.2) is 16.7 Å². The van der Waals surface area contributed by atoms with Crippen molar-refractivity contribution in [3.05, 3.63) is 53.6 Å². The molecule has 0 radical (unpaired) electrons. The van der Waals surface area contributed by atoms with Gasteiger partial charge in [0, 0.05) is 0 Å². The van der Waals surface area contributed by atoms with Crippen molar-refractivity contribution >= 4 is 29.1 Å². The zero-order chi connectivity index (χ0) is 22.2. The summed E-state index contributed by atoms with van der Waals surface area (Å²) in [6, 6.07) is 13.2. The normalized spacial score (nSPS) is 17.5. The fourth-order valence-corrected chi connectivity index (χ4v) is 4.38. The van der Waals surface area contributed by atoms with Crippen molar-refractivity contribution in [3.63, 3.8) is 0 Å². The predicted octanol–water partition coefficient (Wildman–Crippen LogP) is 4.35. The van der Waals surface area contributed by atoms with Crippen LogP contribution >= 0.6 is 11.8 Å². The Morgan fingerprint density at radius 3 is 2.42 bits per heavy atom. The smallest absolute Gasteiger partial charge is 0.242 e. The summed E-state index contributed by atoms with van der Waals surface area (Å²) in [5, 5.41) is 9.08. The monoisotopic (exact) mass is 441 g/mol. The third kappa shape index (κ3) is 5.58. The van der Waals surface area contributed by atoms with Crippen LogP contribution in [-0.4, -0.2) is 48.8 Å². The Kier molecular flexibility index (Phi) is 7.94. The Hall–Kier alpha value is -3.00. The summed E-state index contributed by atoms with van der Waals surface area (Å²) in [6.45, 7) is 2.52. The van der Waals surface area contributed by atoms with E-state index in [0.29, 0.717) is 23.2 Å². The third-order valence-corrected chi connectivity index (χ3v) is 6.06. The summed E-state index contributed by atoms with van der Waals surface area (Å²) < 4.78 is 15.8. The lowest BCUT2D eigenvalue weighted by Crippen LogP contribution is -2.31. The van der Waals surface area contributed by atoms with E-state index in [1.165, 1.54) is 11.8 Å². The lowest BCUT2D eigenvalue weighted by Gasteiger charge is -2.16. The predicted molar refractivity (Wildman–Crippen MR) is 124 cm³/mol. The zero-order valence-electron chi connectivity index (χ0n) is 18.2. The van der Waals surface area contributed by atoms with Gasteiger partial charge in [-0.05, 0) is 47.9 Å². The summed E-state index contributed by atoms with van der Waals surface area (Å²) in [7, 11) is 4.81. The molecule has 1 aliphatic rings. The molecule has 0 bridgehead atoms. The quantitative estimate of drug-likeness (QED) is 0.427. The van der Waals surface area contributed by atoms with E-state index in [-0.39, 0.29) is 11.2 Å². The molecule has 1 atom stereocenters. The summed E-state index contributed by atoms with van der Waals surface area (Å²) in [4.78, 5) is 14.6. The van der Waals surface area contributed by atoms with Gasteiger partial charge >= 0.3 is 0 Å². The highest BCUT2D eigenvalue weighted by atomic mass is 32.2. The SMILES string of the molecule is CCCC1S/C(=N\N=C\c2ccc(OC)c(OC)c2)N(Cc2ccc(OC)cc2)C1=O. The highest BCUT2D eigenvalue weighted by molar-refractivity contribution is 8.15. The Morgan fingerprint density at radius 1 is 1.03 bits per heavy atom. The van der Waals surface area contributed by atoms with Crippen LogP contribution in [0.15, 0.2) is 52.7 Å². The van der Waals surface area contributed by atoms with E-state index in [4.69, 9.17) is 14.2 Å². The molecule has 164 valence electrons. The molecule has 8 heteroatoms. The molecule has 1 fully saturated rings. The van der Waals surface area contributed by atoms with E-state index >= 15 is 0 Å². The van der Waals surface area contributed by atoms with Crippen LogP contribution in [0, 0.1) is 0 Å². The maximum Gasteiger partial charge on any atom is 0.242 e. The van der Waals surface area contributed by atoms with Crippen LogP contribution in [-0.2, 0) is 11.3 Å².